The fourth-order valence-electron chi connectivity index (χ4n) is 3.96. The Bertz CT molecular complexity index is 740. The molecule has 0 bridgehead atoms. The number of amides is 3. The van der Waals surface area contributed by atoms with Gasteiger partial charge in [-0.15, -0.1) is 0 Å². The van der Waals surface area contributed by atoms with Crippen LogP contribution < -0.4 is 10.6 Å². The van der Waals surface area contributed by atoms with Crippen molar-refractivity contribution in [2.75, 3.05) is 32.7 Å². The highest BCUT2D eigenvalue weighted by atomic mass is 19.1. The van der Waals surface area contributed by atoms with Gasteiger partial charge in [0.25, 0.3) is 5.91 Å². The average molecular weight is 358 g/mol. The van der Waals surface area contributed by atoms with E-state index < -0.39 is 6.04 Å². The fraction of sp³-hybridized carbons (Fsp3) is 0.474. The van der Waals surface area contributed by atoms with Crippen molar-refractivity contribution < 1.29 is 14.0 Å². The first-order chi connectivity index (χ1) is 12.6. The van der Waals surface area contributed by atoms with Gasteiger partial charge in [0.2, 0.25) is 0 Å². The van der Waals surface area contributed by atoms with Crippen LogP contribution in [0, 0.1) is 5.82 Å². The largest absolute Gasteiger partial charge is 0.332 e. The maximum Gasteiger partial charge on any atom is 0.319 e. The van der Waals surface area contributed by atoms with Gasteiger partial charge in [-0.3, -0.25) is 4.79 Å². The number of urea groups is 1. The van der Waals surface area contributed by atoms with Gasteiger partial charge in [-0.05, 0) is 43.6 Å². The zero-order valence-corrected chi connectivity index (χ0v) is 14.6. The maximum atomic E-state index is 13.2. The van der Waals surface area contributed by atoms with Gasteiger partial charge in [-0.25, -0.2) is 9.18 Å². The first kappa shape index (κ1) is 17.0. The summed E-state index contributed by atoms with van der Waals surface area (Å²) in [4.78, 5) is 29.1. The van der Waals surface area contributed by atoms with Crippen LogP contribution in [0.15, 0.2) is 35.5 Å². The van der Waals surface area contributed by atoms with Gasteiger partial charge in [0, 0.05) is 13.1 Å². The predicted molar refractivity (Wildman–Crippen MR) is 94.7 cm³/mol. The molecule has 1 unspecified atom stereocenters. The van der Waals surface area contributed by atoms with Crippen LogP contribution in [-0.2, 0) is 4.79 Å². The number of likely N-dealkylation sites (tertiary alicyclic amines) is 1. The highest BCUT2D eigenvalue weighted by Gasteiger charge is 2.40. The number of hydrogen-bond donors (Lipinski definition) is 2. The first-order valence-corrected chi connectivity index (χ1v) is 9.19. The number of rotatable bonds is 4. The van der Waals surface area contributed by atoms with Crippen LogP contribution in [0.2, 0.25) is 0 Å². The van der Waals surface area contributed by atoms with E-state index in [2.05, 4.69) is 15.5 Å². The van der Waals surface area contributed by atoms with Gasteiger partial charge in [-0.2, -0.15) is 0 Å². The van der Waals surface area contributed by atoms with Gasteiger partial charge < -0.3 is 20.4 Å². The van der Waals surface area contributed by atoms with E-state index in [1.165, 1.54) is 31.4 Å². The standard InChI is InChI=1S/C19H23FN4O2/c20-14-6-4-13(5-7-14)17-16-15(21-19(26)22-17)12-24(18(16)25)11-10-23-8-2-1-3-9-23/h4-7,17H,1-3,8-12H2,(H2,21,22,26). The molecule has 0 aromatic heterocycles. The van der Waals surface area contributed by atoms with Crippen LogP contribution >= 0.6 is 0 Å². The lowest BCUT2D eigenvalue weighted by atomic mass is 9.96. The normalized spacial score (nSPS) is 23.7. The van der Waals surface area contributed by atoms with Crippen LogP contribution in [0.3, 0.4) is 0 Å². The summed E-state index contributed by atoms with van der Waals surface area (Å²) in [6.07, 6.45) is 3.72. The molecule has 2 N–H and O–H groups in total. The van der Waals surface area contributed by atoms with E-state index in [-0.39, 0.29) is 17.8 Å². The number of carbonyl (C=O) groups excluding carboxylic acids is 2. The molecule has 4 rings (SSSR count). The van der Waals surface area contributed by atoms with Crippen LogP contribution in [0.25, 0.3) is 0 Å². The number of halogens is 1. The van der Waals surface area contributed by atoms with Crippen LogP contribution in [0.1, 0.15) is 30.9 Å². The van der Waals surface area contributed by atoms with Gasteiger partial charge in [0.15, 0.2) is 0 Å². The second-order valence-electron chi connectivity index (χ2n) is 7.10. The molecule has 0 aliphatic carbocycles. The van der Waals surface area contributed by atoms with Crippen molar-refractivity contribution in [1.82, 2.24) is 20.4 Å². The third-order valence-corrected chi connectivity index (χ3v) is 5.36. The Morgan fingerprint density at radius 3 is 2.50 bits per heavy atom. The molecule has 138 valence electrons. The summed E-state index contributed by atoms with van der Waals surface area (Å²) >= 11 is 0. The Labute approximate surface area is 152 Å². The Morgan fingerprint density at radius 2 is 1.77 bits per heavy atom. The average Bonchev–Trinajstić information content (AvgIpc) is 2.96. The zero-order chi connectivity index (χ0) is 18.1. The summed E-state index contributed by atoms with van der Waals surface area (Å²) in [7, 11) is 0. The first-order valence-electron chi connectivity index (χ1n) is 9.19. The molecule has 1 atom stereocenters. The highest BCUT2D eigenvalue weighted by molar-refractivity contribution is 6.01. The van der Waals surface area contributed by atoms with Gasteiger partial charge in [-0.1, -0.05) is 18.6 Å². The van der Waals surface area contributed by atoms with Crippen molar-refractivity contribution in [3.8, 4) is 0 Å². The molecule has 1 aromatic rings. The molecule has 0 spiro atoms. The smallest absolute Gasteiger partial charge is 0.319 e. The molecular weight excluding hydrogens is 335 g/mol. The number of benzene rings is 1. The highest BCUT2D eigenvalue weighted by Crippen LogP contribution is 2.32. The second kappa shape index (κ2) is 7.07. The van der Waals surface area contributed by atoms with E-state index in [9.17, 15) is 14.0 Å². The van der Waals surface area contributed by atoms with E-state index in [1.54, 1.807) is 17.0 Å². The Morgan fingerprint density at radius 1 is 1.04 bits per heavy atom. The molecule has 26 heavy (non-hydrogen) atoms. The van der Waals surface area contributed by atoms with Crippen molar-refractivity contribution in [3.05, 3.63) is 46.9 Å². The number of nitrogens with zero attached hydrogens (tertiary/aromatic N) is 2. The second-order valence-corrected chi connectivity index (χ2v) is 7.10. The van der Waals surface area contributed by atoms with Crippen LogP contribution in [-0.4, -0.2) is 54.5 Å². The van der Waals surface area contributed by atoms with Crippen molar-refractivity contribution >= 4 is 11.9 Å². The SMILES string of the molecule is O=C1NC2=C(C(=O)N(CCN3CCCCC3)C2)C(c2ccc(F)cc2)N1. The molecule has 7 heteroatoms. The Hall–Kier alpha value is -2.41. The monoisotopic (exact) mass is 358 g/mol. The molecule has 0 radical (unpaired) electrons. The minimum atomic E-state index is -0.535. The quantitative estimate of drug-likeness (QED) is 0.862. The third kappa shape index (κ3) is 3.31. The number of carbonyl (C=O) groups is 2. The Kier molecular flexibility index (Phi) is 4.63. The van der Waals surface area contributed by atoms with Gasteiger partial charge in [0.1, 0.15) is 5.82 Å². The molecule has 3 aliphatic heterocycles. The van der Waals surface area contributed by atoms with E-state index in [0.717, 1.165) is 19.6 Å². The number of piperidine rings is 1. The summed E-state index contributed by atoms with van der Waals surface area (Å²) < 4.78 is 13.2. The number of hydrogen-bond acceptors (Lipinski definition) is 3. The fourth-order valence-corrected chi connectivity index (χ4v) is 3.96. The van der Waals surface area contributed by atoms with Crippen molar-refractivity contribution in [2.45, 2.75) is 25.3 Å². The molecule has 0 saturated carbocycles. The maximum absolute atomic E-state index is 13.2. The Balaban J connectivity index is 1.49. The molecule has 3 heterocycles. The van der Waals surface area contributed by atoms with E-state index in [1.807, 2.05) is 0 Å². The summed E-state index contributed by atoms with van der Waals surface area (Å²) in [5.41, 5.74) is 1.93. The summed E-state index contributed by atoms with van der Waals surface area (Å²) in [5.74, 6) is -0.400. The lowest BCUT2D eigenvalue weighted by Gasteiger charge is -2.28. The lowest BCUT2D eigenvalue weighted by Crippen LogP contribution is -2.44. The summed E-state index contributed by atoms with van der Waals surface area (Å²) in [5, 5.41) is 5.56. The minimum absolute atomic E-state index is 0.0566. The van der Waals surface area contributed by atoms with Crippen molar-refractivity contribution in [3.63, 3.8) is 0 Å². The summed E-state index contributed by atoms with van der Waals surface area (Å²) in [6, 6.07) is 5.05. The predicted octanol–water partition coefficient (Wildman–Crippen LogP) is 1.76. The molecule has 3 amide bonds. The van der Waals surface area contributed by atoms with Gasteiger partial charge >= 0.3 is 6.03 Å². The van der Waals surface area contributed by atoms with Crippen molar-refractivity contribution in [2.24, 2.45) is 0 Å². The number of nitrogens with one attached hydrogen (secondary N) is 2. The van der Waals surface area contributed by atoms with Crippen LogP contribution in [0.5, 0.6) is 0 Å². The summed E-state index contributed by atoms with van der Waals surface area (Å²) in [6.45, 7) is 4.11. The molecule has 1 saturated heterocycles. The molecular formula is C19H23FN4O2. The van der Waals surface area contributed by atoms with E-state index in [0.29, 0.717) is 29.9 Å². The topological polar surface area (TPSA) is 64.7 Å². The van der Waals surface area contributed by atoms with Crippen LogP contribution in [0.4, 0.5) is 9.18 Å². The molecule has 6 nitrogen and oxygen atoms in total. The molecule has 1 aromatic carbocycles. The molecule has 3 aliphatic rings. The van der Waals surface area contributed by atoms with Crippen molar-refractivity contribution in [1.29, 1.82) is 0 Å². The minimum Gasteiger partial charge on any atom is -0.332 e. The molecule has 1 fully saturated rings. The lowest BCUT2D eigenvalue weighted by molar-refractivity contribution is -0.126. The third-order valence-electron chi connectivity index (χ3n) is 5.36. The van der Waals surface area contributed by atoms with E-state index >= 15 is 0 Å². The zero-order valence-electron chi connectivity index (χ0n) is 14.6. The van der Waals surface area contributed by atoms with E-state index in [4.69, 9.17) is 0 Å². The van der Waals surface area contributed by atoms with Gasteiger partial charge in [0.05, 0.1) is 23.9 Å².